The number of hydrogen-bond donors (Lipinski definition) is 2. The molecule has 3 aromatic heterocycles. The number of aromatic nitrogens is 4. The fourth-order valence-corrected chi connectivity index (χ4v) is 4.74. The molecule has 174 valence electrons. The van der Waals surface area contributed by atoms with E-state index < -0.39 is 0 Å². The highest BCUT2D eigenvalue weighted by atomic mass is 35.5. The van der Waals surface area contributed by atoms with Crippen LogP contribution in [0.5, 0.6) is 5.75 Å². The molecule has 5 rings (SSSR count). The number of rotatable bonds is 5. The number of aromatic amines is 1. The van der Waals surface area contributed by atoms with Gasteiger partial charge >= 0.3 is 0 Å². The quantitative estimate of drug-likeness (QED) is 0.412. The van der Waals surface area contributed by atoms with Crippen molar-refractivity contribution in [3.63, 3.8) is 0 Å². The molecule has 1 unspecified atom stereocenters. The van der Waals surface area contributed by atoms with Gasteiger partial charge in [-0.05, 0) is 37.3 Å². The predicted molar refractivity (Wildman–Crippen MR) is 132 cm³/mol. The van der Waals surface area contributed by atoms with Crippen molar-refractivity contribution in [3.8, 4) is 17.0 Å². The molecule has 2 N–H and O–H groups in total. The van der Waals surface area contributed by atoms with Crippen LogP contribution in [0.25, 0.3) is 22.2 Å². The number of amides is 1. The lowest BCUT2D eigenvalue weighted by Crippen LogP contribution is -2.28. The molecule has 1 aliphatic heterocycles. The molecule has 4 aromatic rings. The van der Waals surface area contributed by atoms with Gasteiger partial charge in [-0.15, -0.1) is 0 Å². The molecule has 0 aliphatic carbocycles. The predicted octanol–water partition coefficient (Wildman–Crippen LogP) is 4.79. The van der Waals surface area contributed by atoms with Crippen molar-refractivity contribution in [2.24, 2.45) is 0 Å². The first-order chi connectivity index (χ1) is 16.5. The highest BCUT2D eigenvalue weighted by Gasteiger charge is 2.18. The average molecular weight is 497 g/mol. The Balaban J connectivity index is 1.39. The summed E-state index contributed by atoms with van der Waals surface area (Å²) in [5.74, 6) is 1.57. The number of carbonyl (C=O) groups is 1. The van der Waals surface area contributed by atoms with Gasteiger partial charge in [0.05, 0.1) is 15.6 Å². The van der Waals surface area contributed by atoms with E-state index in [0.717, 1.165) is 34.5 Å². The van der Waals surface area contributed by atoms with E-state index in [2.05, 4.69) is 30.4 Å². The standard InChI is InChI=1S/C24H22Cl2N6O2/c1-14(23-18(25)12-27-13-19(23)26)34-16-3-4-20-17(10-16)24(31-30-20)15-2-5-21(29-11-15)32-8-6-22(33)28-7-9-32/h2-5,10-14H,6-9H2,1H3,(H,28,33)(H,30,31). The maximum Gasteiger partial charge on any atom is 0.221 e. The van der Waals surface area contributed by atoms with Gasteiger partial charge in [-0.25, -0.2) is 4.98 Å². The molecular formula is C24H22Cl2N6O2. The second kappa shape index (κ2) is 9.48. The van der Waals surface area contributed by atoms with Crippen LogP contribution < -0.4 is 15.0 Å². The molecule has 0 saturated carbocycles. The van der Waals surface area contributed by atoms with E-state index in [0.29, 0.717) is 40.9 Å². The number of hydrogen-bond acceptors (Lipinski definition) is 6. The minimum atomic E-state index is -0.369. The highest BCUT2D eigenvalue weighted by Crippen LogP contribution is 2.35. The molecule has 0 spiro atoms. The Labute approximate surface area is 206 Å². The van der Waals surface area contributed by atoms with E-state index in [-0.39, 0.29) is 12.0 Å². The molecule has 1 fully saturated rings. The minimum Gasteiger partial charge on any atom is -0.486 e. The number of nitrogens with one attached hydrogen (secondary N) is 2. The summed E-state index contributed by atoms with van der Waals surface area (Å²) in [6.45, 7) is 3.88. The fourth-order valence-electron chi connectivity index (χ4n) is 4.07. The van der Waals surface area contributed by atoms with Crippen molar-refractivity contribution >= 4 is 45.8 Å². The Bertz CT molecular complexity index is 1320. The Kier molecular flexibility index (Phi) is 6.26. The van der Waals surface area contributed by atoms with Crippen molar-refractivity contribution in [2.45, 2.75) is 19.4 Å². The van der Waals surface area contributed by atoms with Gasteiger partial charge in [0.15, 0.2) is 0 Å². The maximum atomic E-state index is 11.6. The number of anilines is 1. The fraction of sp³-hybridized carbons (Fsp3) is 0.250. The third-order valence-corrected chi connectivity index (χ3v) is 6.40. The van der Waals surface area contributed by atoms with Crippen molar-refractivity contribution in [1.82, 2.24) is 25.5 Å². The van der Waals surface area contributed by atoms with E-state index >= 15 is 0 Å². The van der Waals surface area contributed by atoms with Gasteiger partial charge in [-0.2, -0.15) is 5.10 Å². The summed E-state index contributed by atoms with van der Waals surface area (Å²) < 4.78 is 6.16. The van der Waals surface area contributed by atoms with E-state index in [1.807, 2.05) is 37.3 Å². The van der Waals surface area contributed by atoms with Crippen molar-refractivity contribution in [2.75, 3.05) is 24.5 Å². The monoisotopic (exact) mass is 496 g/mol. The van der Waals surface area contributed by atoms with Crippen molar-refractivity contribution in [3.05, 3.63) is 64.5 Å². The smallest absolute Gasteiger partial charge is 0.221 e. The SMILES string of the molecule is CC(Oc1ccc2[nH]nc(-c3ccc(N4CCNC(=O)CC4)nc3)c2c1)c1c(Cl)cncc1Cl. The second-order valence-electron chi connectivity index (χ2n) is 8.05. The Morgan fingerprint density at radius 3 is 2.68 bits per heavy atom. The van der Waals surface area contributed by atoms with Crippen LogP contribution in [0.15, 0.2) is 48.9 Å². The number of halogens is 2. The van der Waals surface area contributed by atoms with Gasteiger partial charge in [-0.3, -0.25) is 14.9 Å². The van der Waals surface area contributed by atoms with E-state index in [1.165, 1.54) is 0 Å². The molecule has 10 heteroatoms. The third kappa shape index (κ3) is 4.51. The minimum absolute atomic E-state index is 0.0722. The molecule has 34 heavy (non-hydrogen) atoms. The van der Waals surface area contributed by atoms with Crippen molar-refractivity contribution < 1.29 is 9.53 Å². The second-order valence-corrected chi connectivity index (χ2v) is 8.86. The van der Waals surface area contributed by atoms with Gasteiger partial charge in [-0.1, -0.05) is 23.2 Å². The normalized spacial score (nSPS) is 15.1. The summed E-state index contributed by atoms with van der Waals surface area (Å²) >= 11 is 12.6. The summed E-state index contributed by atoms with van der Waals surface area (Å²) in [5.41, 5.74) is 3.23. The van der Waals surface area contributed by atoms with Crippen LogP contribution in [0.1, 0.15) is 25.0 Å². The zero-order valence-corrected chi connectivity index (χ0v) is 19.9. The number of pyridine rings is 2. The van der Waals surface area contributed by atoms with E-state index in [1.54, 1.807) is 18.6 Å². The number of carbonyl (C=O) groups excluding carboxylic acids is 1. The Morgan fingerprint density at radius 2 is 1.91 bits per heavy atom. The van der Waals surface area contributed by atoms with E-state index in [9.17, 15) is 4.79 Å². The molecule has 1 saturated heterocycles. The highest BCUT2D eigenvalue weighted by molar-refractivity contribution is 6.35. The molecule has 1 amide bonds. The van der Waals surface area contributed by atoms with Crippen LogP contribution in [0.2, 0.25) is 10.0 Å². The lowest BCUT2D eigenvalue weighted by atomic mass is 10.1. The van der Waals surface area contributed by atoms with Crippen LogP contribution in [0.3, 0.4) is 0 Å². The van der Waals surface area contributed by atoms with Crippen LogP contribution in [-0.2, 0) is 4.79 Å². The third-order valence-electron chi connectivity index (χ3n) is 5.80. The zero-order chi connectivity index (χ0) is 23.7. The Morgan fingerprint density at radius 1 is 1.09 bits per heavy atom. The van der Waals surface area contributed by atoms with Crippen LogP contribution in [-0.4, -0.2) is 45.7 Å². The summed E-state index contributed by atoms with van der Waals surface area (Å²) in [5, 5.41) is 12.3. The first-order valence-corrected chi connectivity index (χ1v) is 11.7. The molecule has 1 atom stereocenters. The topological polar surface area (TPSA) is 96.0 Å². The van der Waals surface area contributed by atoms with Gasteiger partial charge in [0.1, 0.15) is 23.4 Å². The molecule has 0 radical (unpaired) electrons. The molecule has 1 aliphatic rings. The van der Waals surface area contributed by atoms with Gasteiger partial charge in [0, 0.05) is 61.2 Å². The molecule has 8 nitrogen and oxygen atoms in total. The number of ether oxygens (including phenoxy) is 1. The molecule has 0 bridgehead atoms. The number of benzene rings is 1. The summed E-state index contributed by atoms with van der Waals surface area (Å²) in [6.07, 6.45) is 5.00. The van der Waals surface area contributed by atoms with Crippen LogP contribution in [0, 0.1) is 0 Å². The first-order valence-electron chi connectivity index (χ1n) is 10.9. The number of fused-ring (bicyclic) bond motifs is 1. The summed E-state index contributed by atoms with van der Waals surface area (Å²) in [4.78, 5) is 22.3. The number of H-pyrrole nitrogens is 1. The van der Waals surface area contributed by atoms with E-state index in [4.69, 9.17) is 27.9 Å². The first kappa shape index (κ1) is 22.4. The van der Waals surface area contributed by atoms with Crippen LogP contribution in [0.4, 0.5) is 5.82 Å². The van der Waals surface area contributed by atoms with Gasteiger partial charge in [0.2, 0.25) is 5.91 Å². The molecule has 4 heterocycles. The average Bonchev–Trinajstić information content (AvgIpc) is 3.12. The largest absolute Gasteiger partial charge is 0.486 e. The van der Waals surface area contributed by atoms with Crippen molar-refractivity contribution in [1.29, 1.82) is 0 Å². The van der Waals surface area contributed by atoms with Gasteiger partial charge in [0.25, 0.3) is 0 Å². The summed E-state index contributed by atoms with van der Waals surface area (Å²) in [7, 11) is 0. The van der Waals surface area contributed by atoms with Gasteiger partial charge < -0.3 is 15.0 Å². The zero-order valence-electron chi connectivity index (χ0n) is 18.4. The maximum absolute atomic E-state index is 11.6. The lowest BCUT2D eigenvalue weighted by Gasteiger charge is -2.20. The molecule has 1 aromatic carbocycles. The Hall–Kier alpha value is -3.36. The number of nitrogens with zero attached hydrogens (tertiary/aromatic N) is 4. The molecular weight excluding hydrogens is 475 g/mol. The summed E-state index contributed by atoms with van der Waals surface area (Å²) in [6, 6.07) is 9.69. The lowest BCUT2D eigenvalue weighted by molar-refractivity contribution is -0.120. The van der Waals surface area contributed by atoms with Crippen LogP contribution >= 0.6 is 23.2 Å².